The number of rotatable bonds is 9. The highest BCUT2D eigenvalue weighted by Gasteiger charge is 2.15. The minimum absolute atomic E-state index is 0.0118. The number of amides is 1. The van der Waals surface area contributed by atoms with Gasteiger partial charge in [0.2, 0.25) is 5.91 Å². The van der Waals surface area contributed by atoms with Gasteiger partial charge in [-0.1, -0.05) is 37.3 Å². The van der Waals surface area contributed by atoms with Gasteiger partial charge < -0.3 is 10.0 Å². The molecule has 0 aromatic heterocycles. The van der Waals surface area contributed by atoms with Crippen molar-refractivity contribution < 1.29 is 14.7 Å². The van der Waals surface area contributed by atoms with Gasteiger partial charge in [-0.15, -0.1) is 0 Å². The summed E-state index contributed by atoms with van der Waals surface area (Å²) < 4.78 is 0. The molecule has 0 saturated carbocycles. The Morgan fingerprint density at radius 3 is 2.38 bits per heavy atom. The molecule has 0 unspecified atom stereocenters. The number of carboxylic acids is 1. The molecule has 0 aliphatic rings. The first-order chi connectivity index (χ1) is 10.0. The van der Waals surface area contributed by atoms with E-state index in [9.17, 15) is 9.59 Å². The molecule has 1 N–H and O–H groups in total. The number of likely N-dealkylation sites (N-methyl/N-ethyl adjacent to an activating group) is 1. The second-order valence-corrected chi connectivity index (χ2v) is 5.16. The van der Waals surface area contributed by atoms with Gasteiger partial charge in [0.05, 0.1) is 13.0 Å². The minimum Gasteiger partial charge on any atom is -0.481 e. The van der Waals surface area contributed by atoms with Crippen molar-refractivity contribution in [2.45, 2.75) is 26.3 Å². The Balaban J connectivity index is 2.49. The quantitative estimate of drug-likeness (QED) is 0.754. The maximum absolute atomic E-state index is 12.2. The minimum atomic E-state index is -0.832. The van der Waals surface area contributed by atoms with Gasteiger partial charge in [0.25, 0.3) is 0 Å². The highest BCUT2D eigenvalue weighted by Crippen LogP contribution is 2.04. The molecule has 1 aromatic carbocycles. The molecule has 0 radical (unpaired) electrons. The zero-order valence-corrected chi connectivity index (χ0v) is 12.8. The third-order valence-electron chi connectivity index (χ3n) is 3.23. The van der Waals surface area contributed by atoms with Crippen LogP contribution in [0.15, 0.2) is 30.3 Å². The predicted molar refractivity (Wildman–Crippen MR) is 81.9 cm³/mol. The first-order valence-electron chi connectivity index (χ1n) is 7.25. The first kappa shape index (κ1) is 17.2. The summed E-state index contributed by atoms with van der Waals surface area (Å²) >= 11 is 0. The SMILES string of the molecule is CCCN(CCC(=O)O)CC(=O)N(C)Cc1ccccc1. The lowest BCUT2D eigenvalue weighted by molar-refractivity contribution is -0.138. The molecule has 0 fully saturated rings. The van der Waals surface area contributed by atoms with E-state index in [1.807, 2.05) is 42.2 Å². The molecule has 1 rings (SSSR count). The number of hydrogen-bond acceptors (Lipinski definition) is 3. The van der Waals surface area contributed by atoms with Crippen LogP contribution in [-0.2, 0) is 16.1 Å². The molecule has 1 aromatic rings. The summed E-state index contributed by atoms with van der Waals surface area (Å²) in [5.74, 6) is -0.820. The van der Waals surface area contributed by atoms with E-state index in [1.165, 1.54) is 0 Å². The Kier molecular flexibility index (Phi) is 7.46. The van der Waals surface area contributed by atoms with Crippen molar-refractivity contribution in [2.75, 3.05) is 26.7 Å². The van der Waals surface area contributed by atoms with E-state index in [0.717, 1.165) is 18.5 Å². The summed E-state index contributed by atoms with van der Waals surface area (Å²) in [7, 11) is 1.77. The molecular formula is C16H24N2O3. The summed E-state index contributed by atoms with van der Waals surface area (Å²) in [6.45, 7) is 4.00. The lowest BCUT2D eigenvalue weighted by Crippen LogP contribution is -2.39. The van der Waals surface area contributed by atoms with Crippen LogP contribution in [0.1, 0.15) is 25.3 Å². The number of hydrogen-bond donors (Lipinski definition) is 1. The van der Waals surface area contributed by atoms with Crippen LogP contribution >= 0.6 is 0 Å². The molecular weight excluding hydrogens is 268 g/mol. The fourth-order valence-corrected chi connectivity index (χ4v) is 2.10. The highest BCUT2D eigenvalue weighted by molar-refractivity contribution is 5.78. The lowest BCUT2D eigenvalue weighted by atomic mass is 10.2. The maximum atomic E-state index is 12.2. The third-order valence-corrected chi connectivity index (χ3v) is 3.23. The fourth-order valence-electron chi connectivity index (χ4n) is 2.10. The Morgan fingerprint density at radius 1 is 1.14 bits per heavy atom. The monoisotopic (exact) mass is 292 g/mol. The number of aliphatic carboxylic acids is 1. The lowest BCUT2D eigenvalue weighted by Gasteiger charge is -2.24. The third kappa shape index (κ3) is 6.90. The molecule has 0 heterocycles. The number of carboxylic acid groups (broad SMARTS) is 1. The van der Waals surface area contributed by atoms with E-state index in [4.69, 9.17) is 5.11 Å². The van der Waals surface area contributed by atoms with Crippen LogP contribution in [0.2, 0.25) is 0 Å². The van der Waals surface area contributed by atoms with Crippen LogP contribution in [-0.4, -0.2) is 53.5 Å². The molecule has 0 bridgehead atoms. The summed E-state index contributed by atoms with van der Waals surface area (Å²) in [6.07, 6.45) is 0.963. The molecule has 0 aliphatic carbocycles. The summed E-state index contributed by atoms with van der Waals surface area (Å²) in [5, 5.41) is 8.75. The van der Waals surface area contributed by atoms with Gasteiger partial charge in [-0.2, -0.15) is 0 Å². The van der Waals surface area contributed by atoms with Crippen LogP contribution in [0, 0.1) is 0 Å². The van der Waals surface area contributed by atoms with Crippen LogP contribution in [0.25, 0.3) is 0 Å². The number of carbonyl (C=O) groups is 2. The Bertz CT molecular complexity index is 448. The highest BCUT2D eigenvalue weighted by atomic mass is 16.4. The van der Waals surface area contributed by atoms with Crippen LogP contribution in [0.3, 0.4) is 0 Å². The van der Waals surface area contributed by atoms with E-state index in [1.54, 1.807) is 11.9 Å². The van der Waals surface area contributed by atoms with E-state index in [0.29, 0.717) is 13.1 Å². The number of benzene rings is 1. The smallest absolute Gasteiger partial charge is 0.304 e. The Labute approximate surface area is 126 Å². The number of nitrogens with zero attached hydrogens (tertiary/aromatic N) is 2. The first-order valence-corrected chi connectivity index (χ1v) is 7.25. The maximum Gasteiger partial charge on any atom is 0.304 e. The summed E-state index contributed by atoms with van der Waals surface area (Å²) in [4.78, 5) is 26.4. The van der Waals surface area contributed by atoms with Crippen molar-refractivity contribution in [3.63, 3.8) is 0 Å². The normalized spacial score (nSPS) is 10.6. The summed E-state index contributed by atoms with van der Waals surface area (Å²) in [5.41, 5.74) is 1.08. The van der Waals surface area contributed by atoms with E-state index in [2.05, 4.69) is 0 Å². The molecule has 21 heavy (non-hydrogen) atoms. The van der Waals surface area contributed by atoms with Crippen LogP contribution in [0.4, 0.5) is 0 Å². The zero-order valence-electron chi connectivity index (χ0n) is 12.8. The van der Waals surface area contributed by atoms with Crippen LogP contribution in [0.5, 0.6) is 0 Å². The molecule has 0 atom stereocenters. The van der Waals surface area contributed by atoms with Gasteiger partial charge in [0.15, 0.2) is 0 Å². The van der Waals surface area contributed by atoms with Crippen molar-refractivity contribution in [3.05, 3.63) is 35.9 Å². The second-order valence-electron chi connectivity index (χ2n) is 5.16. The predicted octanol–water partition coefficient (Wildman–Crippen LogP) is 1.83. The van der Waals surface area contributed by atoms with Crippen molar-refractivity contribution in [1.29, 1.82) is 0 Å². The zero-order chi connectivity index (χ0) is 15.7. The van der Waals surface area contributed by atoms with Crippen molar-refractivity contribution in [3.8, 4) is 0 Å². The van der Waals surface area contributed by atoms with Gasteiger partial charge in [-0.25, -0.2) is 0 Å². The average molecular weight is 292 g/mol. The Morgan fingerprint density at radius 2 is 1.81 bits per heavy atom. The van der Waals surface area contributed by atoms with Gasteiger partial charge in [-0.05, 0) is 18.5 Å². The molecule has 5 nitrogen and oxygen atoms in total. The molecule has 0 aliphatic heterocycles. The molecule has 1 amide bonds. The molecule has 0 saturated heterocycles. The van der Waals surface area contributed by atoms with E-state index in [-0.39, 0.29) is 18.9 Å². The van der Waals surface area contributed by atoms with Gasteiger partial charge in [0.1, 0.15) is 0 Å². The molecule has 5 heteroatoms. The van der Waals surface area contributed by atoms with Gasteiger partial charge in [0, 0.05) is 20.1 Å². The van der Waals surface area contributed by atoms with Gasteiger partial charge >= 0.3 is 5.97 Å². The van der Waals surface area contributed by atoms with Crippen molar-refractivity contribution in [2.24, 2.45) is 0 Å². The second kappa shape index (κ2) is 9.13. The van der Waals surface area contributed by atoms with Crippen molar-refractivity contribution >= 4 is 11.9 Å². The molecule has 0 spiro atoms. The Hall–Kier alpha value is -1.88. The van der Waals surface area contributed by atoms with E-state index >= 15 is 0 Å². The average Bonchev–Trinajstić information content (AvgIpc) is 2.45. The topological polar surface area (TPSA) is 60.9 Å². The fraction of sp³-hybridized carbons (Fsp3) is 0.500. The largest absolute Gasteiger partial charge is 0.481 e. The number of carbonyl (C=O) groups excluding carboxylic acids is 1. The van der Waals surface area contributed by atoms with E-state index < -0.39 is 5.97 Å². The summed E-state index contributed by atoms with van der Waals surface area (Å²) in [6, 6.07) is 9.81. The molecule has 116 valence electrons. The van der Waals surface area contributed by atoms with Crippen molar-refractivity contribution in [1.82, 2.24) is 9.80 Å². The standard InChI is InChI=1S/C16H24N2O3/c1-3-10-18(11-9-16(20)21)13-15(19)17(2)12-14-7-5-4-6-8-14/h4-8H,3,9-13H2,1-2H3,(H,20,21). The van der Waals surface area contributed by atoms with Gasteiger partial charge in [-0.3, -0.25) is 14.5 Å². The van der Waals surface area contributed by atoms with Crippen LogP contribution < -0.4 is 0 Å².